The fraction of sp³-hybridized carbons (Fsp3) is 0.333. The van der Waals surface area contributed by atoms with Crippen LogP contribution in [0.5, 0.6) is 0 Å². The maximum Gasteiger partial charge on any atom is 0.353 e. The third-order valence-corrected chi connectivity index (χ3v) is 5.79. The number of hydrogen-bond acceptors (Lipinski definition) is 5. The second-order valence-corrected chi connectivity index (χ2v) is 8.92. The Morgan fingerprint density at radius 1 is 1.33 bits per heavy atom. The van der Waals surface area contributed by atoms with Crippen molar-refractivity contribution in [2.24, 2.45) is 7.05 Å². The molecule has 7 nitrogen and oxygen atoms in total. The first-order valence-corrected chi connectivity index (χ1v) is 11.1. The van der Waals surface area contributed by atoms with E-state index in [4.69, 9.17) is 0 Å². The number of rotatable bonds is 8. The summed E-state index contributed by atoms with van der Waals surface area (Å²) in [5, 5.41) is 19.2. The number of nitrogens with one attached hydrogen (secondary N) is 1. The zero-order valence-electron chi connectivity index (χ0n) is 15.3. The van der Waals surface area contributed by atoms with Gasteiger partial charge in [0.15, 0.2) is 0 Å². The molecule has 2 N–H and O–H groups in total. The number of nitriles is 1. The second kappa shape index (κ2) is 8.61. The number of benzene rings is 1. The van der Waals surface area contributed by atoms with Gasteiger partial charge in [0, 0.05) is 35.5 Å². The third kappa shape index (κ3) is 4.91. The normalized spacial score (nSPS) is 11.3. The van der Waals surface area contributed by atoms with E-state index in [2.05, 4.69) is 10.8 Å². The van der Waals surface area contributed by atoms with E-state index >= 15 is 0 Å². The first kappa shape index (κ1) is 21.0. The average molecular weight is 408 g/mol. The summed E-state index contributed by atoms with van der Waals surface area (Å²) in [6.45, 7) is 2.21. The number of nitrogens with zero attached hydrogens (tertiary/aromatic N) is 2. The van der Waals surface area contributed by atoms with Crippen LogP contribution in [0, 0.1) is 11.3 Å². The smallest absolute Gasteiger partial charge is 0.353 e. The van der Waals surface area contributed by atoms with Crippen LogP contribution in [0.4, 0.5) is 0 Å². The molecule has 0 radical (unpaired) electrons. The first-order valence-electron chi connectivity index (χ1n) is 8.22. The van der Waals surface area contributed by atoms with Gasteiger partial charge in [0.1, 0.15) is 11.8 Å². The predicted octanol–water partition coefficient (Wildman–Crippen LogP) is 2.47. The van der Waals surface area contributed by atoms with Gasteiger partial charge in [-0.1, -0.05) is 19.1 Å². The van der Waals surface area contributed by atoms with Gasteiger partial charge in [-0.3, -0.25) is 0 Å². The van der Waals surface area contributed by atoms with Gasteiger partial charge in [-0.05, 0) is 24.1 Å². The number of sulfonamides is 1. The van der Waals surface area contributed by atoms with Crippen molar-refractivity contribution in [3.63, 3.8) is 0 Å². The van der Waals surface area contributed by atoms with E-state index in [0.29, 0.717) is 41.1 Å². The van der Waals surface area contributed by atoms with Crippen LogP contribution in [0.2, 0.25) is 0 Å². The summed E-state index contributed by atoms with van der Waals surface area (Å²) in [6.07, 6.45) is 1.67. The van der Waals surface area contributed by atoms with Crippen molar-refractivity contribution in [2.45, 2.75) is 18.2 Å². The van der Waals surface area contributed by atoms with Crippen molar-refractivity contribution in [3.05, 3.63) is 41.2 Å². The highest BCUT2D eigenvalue weighted by atomic mass is 32.2. The monoisotopic (exact) mass is 407 g/mol. The molecule has 1 aromatic heterocycles. The van der Waals surface area contributed by atoms with E-state index in [1.165, 1.54) is 11.8 Å². The van der Waals surface area contributed by atoms with Crippen molar-refractivity contribution in [1.82, 2.24) is 9.29 Å². The van der Waals surface area contributed by atoms with E-state index in [0.717, 1.165) is 11.2 Å². The van der Waals surface area contributed by atoms with Crippen molar-refractivity contribution < 1.29 is 18.3 Å². The molecule has 0 atom stereocenters. The SMILES string of the molecule is CCc1c(C#N)c(-c2ccc(SCCNS(C)(=O)=O)cc2)c(C(=O)O)n1C. The lowest BCUT2D eigenvalue weighted by atomic mass is 10.00. The number of thioether (sulfide) groups is 1. The molecule has 0 saturated carbocycles. The fourth-order valence-corrected chi connectivity index (χ4v) is 4.28. The molecule has 2 aromatic rings. The second-order valence-electron chi connectivity index (χ2n) is 5.91. The Bertz CT molecular complexity index is 987. The van der Waals surface area contributed by atoms with Crippen molar-refractivity contribution >= 4 is 27.8 Å². The third-order valence-electron chi connectivity index (χ3n) is 4.04. The molecule has 9 heteroatoms. The summed E-state index contributed by atoms with van der Waals surface area (Å²) in [5.74, 6) is -0.504. The molecule has 27 heavy (non-hydrogen) atoms. The summed E-state index contributed by atoms with van der Waals surface area (Å²) >= 11 is 1.48. The molecule has 144 valence electrons. The van der Waals surface area contributed by atoms with Crippen molar-refractivity contribution in [3.8, 4) is 17.2 Å². The average Bonchev–Trinajstić information content (AvgIpc) is 2.90. The van der Waals surface area contributed by atoms with Gasteiger partial charge >= 0.3 is 5.97 Å². The zero-order valence-corrected chi connectivity index (χ0v) is 16.9. The quantitative estimate of drug-likeness (QED) is 0.513. The lowest BCUT2D eigenvalue weighted by molar-refractivity contribution is 0.0687. The molecule has 1 aromatic carbocycles. The highest BCUT2D eigenvalue weighted by Crippen LogP contribution is 2.33. The molecule has 0 aliphatic heterocycles. The van der Waals surface area contributed by atoms with Gasteiger partial charge in [-0.15, -0.1) is 11.8 Å². The summed E-state index contributed by atoms with van der Waals surface area (Å²) < 4.78 is 26.1. The number of carbonyl (C=O) groups is 1. The Hall–Kier alpha value is -2.28. The van der Waals surface area contributed by atoms with E-state index in [9.17, 15) is 23.6 Å². The maximum atomic E-state index is 11.7. The highest BCUT2D eigenvalue weighted by Gasteiger charge is 2.25. The predicted molar refractivity (Wildman–Crippen MR) is 105 cm³/mol. The van der Waals surface area contributed by atoms with E-state index in [-0.39, 0.29) is 5.69 Å². The first-order chi connectivity index (χ1) is 12.7. The lowest BCUT2D eigenvalue weighted by Crippen LogP contribution is -2.24. The summed E-state index contributed by atoms with van der Waals surface area (Å²) in [6, 6.07) is 9.40. The molecule has 0 bridgehead atoms. The molecule has 1 heterocycles. The van der Waals surface area contributed by atoms with Gasteiger partial charge in [0.05, 0.1) is 11.8 Å². The Balaban J connectivity index is 2.29. The topological polar surface area (TPSA) is 112 Å². The molecule has 0 aliphatic carbocycles. The maximum absolute atomic E-state index is 11.7. The summed E-state index contributed by atoms with van der Waals surface area (Å²) in [4.78, 5) is 12.7. The Kier molecular flexibility index (Phi) is 6.70. The van der Waals surface area contributed by atoms with Gasteiger partial charge in [-0.2, -0.15) is 5.26 Å². The Labute approximate surface area is 163 Å². The van der Waals surface area contributed by atoms with Crippen LogP contribution in [-0.4, -0.2) is 42.6 Å². The fourth-order valence-electron chi connectivity index (χ4n) is 2.91. The molecule has 2 rings (SSSR count). The van der Waals surface area contributed by atoms with Gasteiger partial charge in [0.2, 0.25) is 10.0 Å². The van der Waals surface area contributed by atoms with E-state index < -0.39 is 16.0 Å². The minimum Gasteiger partial charge on any atom is -0.477 e. The van der Waals surface area contributed by atoms with Gasteiger partial charge in [-0.25, -0.2) is 17.9 Å². The molecule has 0 saturated heterocycles. The summed E-state index contributed by atoms with van der Waals surface area (Å²) in [5.41, 5.74) is 2.27. The number of carboxylic acids is 1. The van der Waals surface area contributed by atoms with E-state index in [1.54, 1.807) is 23.7 Å². The largest absolute Gasteiger partial charge is 0.477 e. The van der Waals surface area contributed by atoms with Crippen LogP contribution in [0.15, 0.2) is 29.2 Å². The van der Waals surface area contributed by atoms with Crippen LogP contribution in [0.1, 0.15) is 28.7 Å². The number of hydrogen-bond donors (Lipinski definition) is 2. The lowest BCUT2D eigenvalue weighted by Gasteiger charge is -2.06. The van der Waals surface area contributed by atoms with Gasteiger partial charge < -0.3 is 9.67 Å². The van der Waals surface area contributed by atoms with Gasteiger partial charge in [0.25, 0.3) is 0 Å². The number of aromatic nitrogens is 1. The number of aromatic carboxylic acids is 1. The zero-order chi connectivity index (χ0) is 20.2. The van der Waals surface area contributed by atoms with Crippen molar-refractivity contribution in [1.29, 1.82) is 5.26 Å². The van der Waals surface area contributed by atoms with Crippen molar-refractivity contribution in [2.75, 3.05) is 18.6 Å². The molecule has 0 aliphatic rings. The van der Waals surface area contributed by atoms with Crippen LogP contribution >= 0.6 is 11.8 Å². The summed E-state index contributed by atoms with van der Waals surface area (Å²) in [7, 11) is -1.54. The van der Waals surface area contributed by atoms with Crippen LogP contribution in [-0.2, 0) is 23.5 Å². The van der Waals surface area contributed by atoms with Crippen LogP contribution in [0.3, 0.4) is 0 Å². The van der Waals surface area contributed by atoms with Crippen LogP contribution in [0.25, 0.3) is 11.1 Å². The highest BCUT2D eigenvalue weighted by molar-refractivity contribution is 7.99. The molecule has 0 fully saturated rings. The minimum absolute atomic E-state index is 0.0983. The Morgan fingerprint density at radius 2 is 1.96 bits per heavy atom. The molecule has 0 spiro atoms. The molecular formula is C18H21N3O4S2. The number of carboxylic acid groups (broad SMARTS) is 1. The molecular weight excluding hydrogens is 386 g/mol. The minimum atomic E-state index is -3.20. The molecule has 0 amide bonds. The standard InChI is InChI=1S/C18H21N3O4S2/c1-4-15-14(11-19)16(17(18(22)23)21(15)2)12-5-7-13(8-6-12)26-10-9-20-27(3,24)25/h5-8,20H,4,9-10H2,1-3H3,(H,22,23). The molecule has 0 unspecified atom stereocenters. The van der Waals surface area contributed by atoms with E-state index in [1.807, 2.05) is 19.1 Å². The Morgan fingerprint density at radius 3 is 2.44 bits per heavy atom. The van der Waals surface area contributed by atoms with Crippen LogP contribution < -0.4 is 4.72 Å².